The summed E-state index contributed by atoms with van der Waals surface area (Å²) in [6, 6.07) is 0. The van der Waals surface area contributed by atoms with Crippen LogP contribution < -0.4 is 0 Å². The van der Waals surface area contributed by atoms with Crippen molar-refractivity contribution in [2.24, 2.45) is 0 Å². The molecule has 4 nitrogen and oxygen atoms in total. The van der Waals surface area contributed by atoms with Crippen molar-refractivity contribution in [1.29, 1.82) is 0 Å². The van der Waals surface area contributed by atoms with E-state index in [0.29, 0.717) is 19.7 Å². The summed E-state index contributed by atoms with van der Waals surface area (Å²) in [5, 5.41) is 0. The van der Waals surface area contributed by atoms with Gasteiger partial charge in [-0.3, -0.25) is 0 Å². The quantitative estimate of drug-likeness (QED) is 0.719. The number of rotatable bonds is 4. The van der Waals surface area contributed by atoms with Crippen molar-refractivity contribution in [3.63, 3.8) is 0 Å². The minimum absolute atomic E-state index is 0.0978. The third-order valence-corrected chi connectivity index (χ3v) is 5.34. The van der Waals surface area contributed by atoms with Crippen molar-refractivity contribution < 1.29 is 13.2 Å². The first-order chi connectivity index (χ1) is 8.12. The Kier molecular flexibility index (Phi) is 4.22. The second-order valence-electron chi connectivity index (χ2n) is 4.78. The predicted molar refractivity (Wildman–Crippen MR) is 67.3 cm³/mol. The summed E-state index contributed by atoms with van der Waals surface area (Å²) in [6.45, 7) is 3.88. The monoisotopic (exact) mass is 259 g/mol. The highest BCUT2D eigenvalue weighted by Crippen LogP contribution is 2.20. The van der Waals surface area contributed by atoms with Crippen LogP contribution in [0.1, 0.15) is 32.6 Å². The van der Waals surface area contributed by atoms with Crippen molar-refractivity contribution in [3.8, 4) is 0 Å². The fraction of sp³-hybridized carbons (Fsp3) is 0.833. The maximum Gasteiger partial charge on any atom is 0.217 e. The summed E-state index contributed by atoms with van der Waals surface area (Å²) in [4.78, 5) is 0. The Morgan fingerprint density at radius 1 is 1.47 bits per heavy atom. The molecular weight excluding hydrogens is 238 g/mol. The van der Waals surface area contributed by atoms with E-state index < -0.39 is 10.0 Å². The standard InChI is InChI=1S/C12H21NO3S/c1-2-11-6-7-13(9-11)17(14,15)10-12-5-3-4-8-16-12/h6,12H,2-5,7-10H2,1H3. The Morgan fingerprint density at radius 2 is 2.29 bits per heavy atom. The van der Waals surface area contributed by atoms with E-state index in [1.165, 1.54) is 5.57 Å². The summed E-state index contributed by atoms with van der Waals surface area (Å²) >= 11 is 0. The highest BCUT2D eigenvalue weighted by Gasteiger charge is 2.29. The zero-order valence-electron chi connectivity index (χ0n) is 10.4. The van der Waals surface area contributed by atoms with Crippen LogP contribution in [0.3, 0.4) is 0 Å². The molecule has 0 saturated carbocycles. The Bertz CT molecular complexity index is 383. The molecule has 1 unspecified atom stereocenters. The van der Waals surface area contributed by atoms with E-state index in [2.05, 4.69) is 6.92 Å². The van der Waals surface area contributed by atoms with Gasteiger partial charge in [0.25, 0.3) is 0 Å². The van der Waals surface area contributed by atoms with Crippen molar-refractivity contribution in [3.05, 3.63) is 11.6 Å². The zero-order chi connectivity index (χ0) is 12.3. The third kappa shape index (κ3) is 3.30. The van der Waals surface area contributed by atoms with Gasteiger partial charge in [0.15, 0.2) is 0 Å². The van der Waals surface area contributed by atoms with Gasteiger partial charge < -0.3 is 4.74 Å². The van der Waals surface area contributed by atoms with Crippen molar-refractivity contribution in [1.82, 2.24) is 4.31 Å². The molecule has 2 aliphatic heterocycles. The number of hydrogen-bond donors (Lipinski definition) is 0. The second-order valence-corrected chi connectivity index (χ2v) is 6.79. The van der Waals surface area contributed by atoms with Crippen molar-refractivity contribution >= 4 is 10.0 Å². The fourth-order valence-electron chi connectivity index (χ4n) is 2.33. The van der Waals surface area contributed by atoms with E-state index in [1.54, 1.807) is 4.31 Å². The molecule has 0 aromatic carbocycles. The van der Waals surface area contributed by atoms with Crippen molar-refractivity contribution in [2.75, 3.05) is 25.4 Å². The van der Waals surface area contributed by atoms with Gasteiger partial charge in [-0.1, -0.05) is 18.6 Å². The molecule has 5 heteroatoms. The van der Waals surface area contributed by atoms with Gasteiger partial charge in [-0.2, -0.15) is 4.31 Å². The molecule has 0 aromatic heterocycles. The van der Waals surface area contributed by atoms with Gasteiger partial charge >= 0.3 is 0 Å². The lowest BCUT2D eigenvalue weighted by Crippen LogP contribution is -2.37. The lowest BCUT2D eigenvalue weighted by atomic mass is 10.1. The average molecular weight is 259 g/mol. The van der Waals surface area contributed by atoms with E-state index in [-0.39, 0.29) is 11.9 Å². The summed E-state index contributed by atoms with van der Waals surface area (Å²) in [7, 11) is -3.15. The zero-order valence-corrected chi connectivity index (χ0v) is 11.2. The largest absolute Gasteiger partial charge is 0.377 e. The Hall–Kier alpha value is -0.390. The molecule has 2 aliphatic rings. The lowest BCUT2D eigenvalue weighted by molar-refractivity contribution is 0.0300. The van der Waals surface area contributed by atoms with Crippen LogP contribution in [0.15, 0.2) is 11.6 Å². The van der Waals surface area contributed by atoms with Crippen molar-refractivity contribution in [2.45, 2.75) is 38.7 Å². The minimum Gasteiger partial charge on any atom is -0.377 e. The molecule has 0 amide bonds. The molecule has 2 rings (SSSR count). The van der Waals surface area contributed by atoms with Gasteiger partial charge in [0, 0.05) is 19.7 Å². The van der Waals surface area contributed by atoms with Crippen LogP contribution in [-0.2, 0) is 14.8 Å². The smallest absolute Gasteiger partial charge is 0.217 e. The van der Waals surface area contributed by atoms with E-state index in [9.17, 15) is 8.42 Å². The SMILES string of the molecule is CCC1=CCN(S(=O)(=O)CC2CCCCO2)C1. The molecule has 0 bridgehead atoms. The summed E-state index contributed by atoms with van der Waals surface area (Å²) < 4.78 is 31.4. The van der Waals surface area contributed by atoms with Gasteiger partial charge in [0.1, 0.15) is 0 Å². The minimum atomic E-state index is -3.15. The molecule has 0 aromatic rings. The van der Waals surface area contributed by atoms with Crippen LogP contribution in [0.5, 0.6) is 0 Å². The van der Waals surface area contributed by atoms with E-state index in [1.807, 2.05) is 6.08 Å². The molecule has 0 spiro atoms. The van der Waals surface area contributed by atoms with Gasteiger partial charge in [-0.25, -0.2) is 8.42 Å². The van der Waals surface area contributed by atoms with Crippen LogP contribution in [0.2, 0.25) is 0 Å². The van der Waals surface area contributed by atoms with Gasteiger partial charge in [-0.15, -0.1) is 0 Å². The summed E-state index contributed by atoms with van der Waals surface area (Å²) in [5.74, 6) is 0.151. The highest BCUT2D eigenvalue weighted by atomic mass is 32.2. The van der Waals surface area contributed by atoms with E-state index in [4.69, 9.17) is 4.74 Å². The molecule has 0 N–H and O–H groups in total. The van der Waals surface area contributed by atoms with E-state index in [0.717, 1.165) is 25.7 Å². The first kappa shape index (κ1) is 13.1. The topological polar surface area (TPSA) is 46.6 Å². The molecule has 2 heterocycles. The van der Waals surface area contributed by atoms with Gasteiger partial charge in [0.05, 0.1) is 11.9 Å². The van der Waals surface area contributed by atoms with Crippen LogP contribution in [0, 0.1) is 0 Å². The Morgan fingerprint density at radius 3 is 2.88 bits per heavy atom. The lowest BCUT2D eigenvalue weighted by Gasteiger charge is -2.25. The molecule has 98 valence electrons. The average Bonchev–Trinajstić information content (AvgIpc) is 2.79. The second kappa shape index (κ2) is 5.50. The van der Waals surface area contributed by atoms with Crippen LogP contribution in [0.4, 0.5) is 0 Å². The van der Waals surface area contributed by atoms with Gasteiger partial charge in [-0.05, 0) is 25.7 Å². The maximum absolute atomic E-state index is 12.2. The molecule has 0 aliphatic carbocycles. The molecule has 0 radical (unpaired) electrons. The van der Waals surface area contributed by atoms with Gasteiger partial charge in [0.2, 0.25) is 10.0 Å². The molecule has 1 fully saturated rings. The molecule has 1 atom stereocenters. The number of ether oxygens (including phenoxy) is 1. The Labute approximate surface area is 104 Å². The number of nitrogens with zero attached hydrogens (tertiary/aromatic N) is 1. The normalized spacial score (nSPS) is 27.1. The third-order valence-electron chi connectivity index (χ3n) is 3.48. The molecule has 1 saturated heterocycles. The van der Waals surface area contributed by atoms with Crippen LogP contribution in [-0.4, -0.2) is 44.3 Å². The fourth-order valence-corrected chi connectivity index (χ4v) is 3.94. The van der Waals surface area contributed by atoms with E-state index >= 15 is 0 Å². The van der Waals surface area contributed by atoms with Crippen LogP contribution in [0.25, 0.3) is 0 Å². The van der Waals surface area contributed by atoms with Crippen LogP contribution >= 0.6 is 0 Å². The molecular formula is C12H21NO3S. The first-order valence-corrected chi connectivity index (χ1v) is 8.00. The number of sulfonamides is 1. The predicted octanol–water partition coefficient (Wildman–Crippen LogP) is 1.54. The maximum atomic E-state index is 12.2. The highest BCUT2D eigenvalue weighted by molar-refractivity contribution is 7.89. The molecule has 17 heavy (non-hydrogen) atoms. The Balaban J connectivity index is 1.91. The summed E-state index contributed by atoms with van der Waals surface area (Å²) in [6.07, 6.45) is 5.88. The number of hydrogen-bond acceptors (Lipinski definition) is 3. The first-order valence-electron chi connectivity index (χ1n) is 6.39. The summed E-state index contributed by atoms with van der Waals surface area (Å²) in [5.41, 5.74) is 1.22.